The van der Waals surface area contributed by atoms with Gasteiger partial charge in [0.1, 0.15) is 5.69 Å². The number of nitrogens with zero attached hydrogens (tertiary/aromatic N) is 3. The highest BCUT2D eigenvalue weighted by atomic mass is 79.9. The van der Waals surface area contributed by atoms with Crippen LogP contribution in [0.4, 0.5) is 0 Å². The van der Waals surface area contributed by atoms with Crippen molar-refractivity contribution >= 4 is 26.8 Å². The zero-order chi connectivity index (χ0) is 12.4. The lowest BCUT2D eigenvalue weighted by Gasteiger charge is -2.03. The highest BCUT2D eigenvalue weighted by molar-refractivity contribution is 9.08. The maximum absolute atomic E-state index is 4.58. The predicted octanol–water partition coefficient (Wildman–Crippen LogP) is 3.59. The minimum Gasteiger partial charge on any atom is -0.244 e. The van der Waals surface area contributed by atoms with E-state index in [1.54, 1.807) is 6.20 Å². The van der Waals surface area contributed by atoms with E-state index in [1.807, 2.05) is 42.5 Å². The molecule has 4 heteroatoms. The number of alkyl halides is 1. The van der Waals surface area contributed by atoms with Crippen molar-refractivity contribution in [3.63, 3.8) is 0 Å². The molecule has 0 aliphatic rings. The van der Waals surface area contributed by atoms with Gasteiger partial charge in [0, 0.05) is 16.9 Å². The Kier molecular flexibility index (Phi) is 3.02. The van der Waals surface area contributed by atoms with Crippen molar-refractivity contribution in [3.8, 4) is 11.5 Å². The Morgan fingerprint density at radius 3 is 2.72 bits per heavy atom. The van der Waals surface area contributed by atoms with Gasteiger partial charge < -0.3 is 0 Å². The van der Waals surface area contributed by atoms with Gasteiger partial charge in [-0.05, 0) is 18.2 Å². The van der Waals surface area contributed by atoms with Crippen LogP contribution in [0.3, 0.4) is 0 Å². The van der Waals surface area contributed by atoms with Crippen LogP contribution in [0.5, 0.6) is 0 Å². The molecule has 0 unspecified atom stereocenters. The second kappa shape index (κ2) is 4.82. The van der Waals surface area contributed by atoms with Gasteiger partial charge in [-0.3, -0.25) is 0 Å². The largest absolute Gasteiger partial charge is 0.244 e. The normalized spacial score (nSPS) is 10.7. The quantitative estimate of drug-likeness (QED) is 0.679. The summed E-state index contributed by atoms with van der Waals surface area (Å²) in [6.07, 6.45) is 1.76. The average molecular weight is 300 g/mol. The van der Waals surface area contributed by atoms with Gasteiger partial charge in [-0.25, -0.2) is 15.0 Å². The summed E-state index contributed by atoms with van der Waals surface area (Å²) in [4.78, 5) is 13.3. The third-order valence-corrected chi connectivity index (χ3v) is 3.25. The van der Waals surface area contributed by atoms with E-state index < -0.39 is 0 Å². The zero-order valence-corrected chi connectivity index (χ0v) is 11.1. The van der Waals surface area contributed by atoms with Crippen molar-refractivity contribution in [1.82, 2.24) is 15.0 Å². The number of halogens is 1. The number of benzene rings is 1. The zero-order valence-electron chi connectivity index (χ0n) is 9.55. The molecule has 3 nitrogen and oxygen atoms in total. The molecule has 0 fully saturated rings. The third kappa shape index (κ3) is 2.11. The van der Waals surface area contributed by atoms with Crippen LogP contribution < -0.4 is 0 Å². The molecule has 0 radical (unpaired) electrons. The van der Waals surface area contributed by atoms with E-state index in [9.17, 15) is 0 Å². The Labute approximate surface area is 113 Å². The summed E-state index contributed by atoms with van der Waals surface area (Å²) in [5, 5.41) is 1.84. The number of para-hydroxylation sites is 1. The Balaban J connectivity index is 2.13. The number of rotatable bonds is 2. The van der Waals surface area contributed by atoms with Gasteiger partial charge in [0.2, 0.25) is 0 Å². The van der Waals surface area contributed by atoms with Crippen LogP contribution in [0.1, 0.15) is 5.69 Å². The number of fused-ring (bicyclic) bond motifs is 1. The molecule has 3 rings (SSSR count). The number of hydrogen-bond donors (Lipinski definition) is 0. The summed E-state index contributed by atoms with van der Waals surface area (Å²) in [6.45, 7) is 0. The molecular formula is C14H10BrN3. The molecular weight excluding hydrogens is 290 g/mol. The highest BCUT2D eigenvalue weighted by Crippen LogP contribution is 2.18. The molecule has 0 spiro atoms. The highest BCUT2D eigenvalue weighted by Gasteiger charge is 2.04. The van der Waals surface area contributed by atoms with Crippen molar-refractivity contribution in [2.75, 3.05) is 0 Å². The molecule has 0 saturated heterocycles. The molecule has 88 valence electrons. The SMILES string of the molecule is BrCc1ccnc(-c2ccc3ccccc3n2)n1. The fourth-order valence-corrected chi connectivity index (χ4v) is 2.10. The minimum atomic E-state index is 0.665. The van der Waals surface area contributed by atoms with Gasteiger partial charge in [-0.1, -0.05) is 40.2 Å². The maximum Gasteiger partial charge on any atom is 0.178 e. The average Bonchev–Trinajstić information content (AvgIpc) is 2.47. The molecule has 0 amide bonds. The van der Waals surface area contributed by atoms with Crippen LogP contribution in [0.25, 0.3) is 22.4 Å². The van der Waals surface area contributed by atoms with Crippen LogP contribution in [0.2, 0.25) is 0 Å². The van der Waals surface area contributed by atoms with Crippen LogP contribution in [-0.4, -0.2) is 15.0 Å². The molecule has 1 aromatic carbocycles. The van der Waals surface area contributed by atoms with Crippen molar-refractivity contribution < 1.29 is 0 Å². The first-order valence-corrected chi connectivity index (χ1v) is 6.73. The summed E-state index contributed by atoms with van der Waals surface area (Å²) in [6, 6.07) is 13.9. The summed E-state index contributed by atoms with van der Waals surface area (Å²) < 4.78 is 0. The molecule has 0 saturated carbocycles. The monoisotopic (exact) mass is 299 g/mol. The summed E-state index contributed by atoms with van der Waals surface area (Å²) in [5.41, 5.74) is 2.72. The van der Waals surface area contributed by atoms with E-state index in [2.05, 4.69) is 30.9 Å². The molecule has 0 atom stereocenters. The van der Waals surface area contributed by atoms with Gasteiger partial charge in [0.25, 0.3) is 0 Å². The van der Waals surface area contributed by atoms with Gasteiger partial charge in [-0.2, -0.15) is 0 Å². The van der Waals surface area contributed by atoms with Gasteiger partial charge in [0.05, 0.1) is 11.2 Å². The first kappa shape index (κ1) is 11.3. The van der Waals surface area contributed by atoms with Crippen molar-refractivity contribution in [3.05, 3.63) is 54.4 Å². The molecule has 2 heterocycles. The summed E-state index contributed by atoms with van der Waals surface area (Å²) in [5.74, 6) is 0.665. The molecule has 18 heavy (non-hydrogen) atoms. The molecule has 0 bridgehead atoms. The van der Waals surface area contributed by atoms with Crippen LogP contribution in [-0.2, 0) is 5.33 Å². The Hall–Kier alpha value is -1.81. The van der Waals surface area contributed by atoms with E-state index in [1.165, 1.54) is 0 Å². The Bertz CT molecular complexity index is 697. The van der Waals surface area contributed by atoms with Crippen LogP contribution in [0.15, 0.2) is 48.7 Å². The van der Waals surface area contributed by atoms with Crippen LogP contribution in [0, 0.1) is 0 Å². The fourth-order valence-electron chi connectivity index (χ4n) is 1.78. The second-order valence-electron chi connectivity index (χ2n) is 3.89. The van der Waals surface area contributed by atoms with Crippen molar-refractivity contribution in [1.29, 1.82) is 0 Å². The molecule has 2 aromatic heterocycles. The van der Waals surface area contributed by atoms with E-state index in [0.717, 1.165) is 27.6 Å². The predicted molar refractivity (Wildman–Crippen MR) is 75.4 cm³/mol. The summed E-state index contributed by atoms with van der Waals surface area (Å²) in [7, 11) is 0. The topological polar surface area (TPSA) is 38.7 Å². The number of hydrogen-bond acceptors (Lipinski definition) is 3. The smallest absolute Gasteiger partial charge is 0.178 e. The van der Waals surface area contributed by atoms with Crippen molar-refractivity contribution in [2.45, 2.75) is 5.33 Å². The van der Waals surface area contributed by atoms with E-state index >= 15 is 0 Å². The second-order valence-corrected chi connectivity index (χ2v) is 4.46. The third-order valence-electron chi connectivity index (χ3n) is 2.68. The number of pyridine rings is 1. The maximum atomic E-state index is 4.58. The fraction of sp³-hybridized carbons (Fsp3) is 0.0714. The van der Waals surface area contributed by atoms with Gasteiger partial charge in [-0.15, -0.1) is 0 Å². The molecule has 0 N–H and O–H groups in total. The lowest BCUT2D eigenvalue weighted by molar-refractivity contribution is 1.09. The standard InChI is InChI=1S/C14H10BrN3/c15-9-11-7-8-16-14(17-11)13-6-5-10-3-1-2-4-12(10)18-13/h1-8H,9H2. The molecule has 0 aliphatic heterocycles. The van der Waals surface area contributed by atoms with E-state index in [-0.39, 0.29) is 0 Å². The van der Waals surface area contributed by atoms with E-state index in [4.69, 9.17) is 0 Å². The van der Waals surface area contributed by atoms with Crippen LogP contribution >= 0.6 is 15.9 Å². The lowest BCUT2D eigenvalue weighted by Crippen LogP contribution is -1.94. The van der Waals surface area contributed by atoms with E-state index in [0.29, 0.717) is 5.82 Å². The molecule has 0 aliphatic carbocycles. The molecule has 3 aromatic rings. The minimum absolute atomic E-state index is 0.665. The Morgan fingerprint density at radius 2 is 1.83 bits per heavy atom. The van der Waals surface area contributed by atoms with Gasteiger partial charge >= 0.3 is 0 Å². The Morgan fingerprint density at radius 1 is 0.944 bits per heavy atom. The first-order chi connectivity index (χ1) is 8.86. The van der Waals surface area contributed by atoms with Gasteiger partial charge in [0.15, 0.2) is 5.82 Å². The summed E-state index contributed by atoms with van der Waals surface area (Å²) >= 11 is 3.39. The first-order valence-electron chi connectivity index (χ1n) is 5.61. The number of aromatic nitrogens is 3. The lowest BCUT2D eigenvalue weighted by atomic mass is 10.2. The van der Waals surface area contributed by atoms with Crippen molar-refractivity contribution in [2.24, 2.45) is 0 Å².